The van der Waals surface area contributed by atoms with E-state index in [2.05, 4.69) is 22.8 Å². The second-order valence-corrected chi connectivity index (χ2v) is 5.50. The number of hydrogen-bond acceptors (Lipinski definition) is 3. The minimum Gasteiger partial charge on any atom is -0.376 e. The number of rotatable bonds is 4. The number of carbonyl (C=O) groups is 1. The monoisotopic (exact) mass is 273 g/mol. The first-order valence-electron chi connectivity index (χ1n) is 7.31. The van der Waals surface area contributed by atoms with Crippen LogP contribution in [0.25, 0.3) is 0 Å². The Morgan fingerprint density at radius 2 is 2.05 bits per heavy atom. The van der Waals surface area contributed by atoms with Crippen LogP contribution in [0.4, 0.5) is 5.69 Å². The molecule has 1 unspecified atom stereocenters. The molecule has 108 valence electrons. The summed E-state index contributed by atoms with van der Waals surface area (Å²) in [7, 11) is 0. The summed E-state index contributed by atoms with van der Waals surface area (Å²) in [6, 6.07) is 7.98. The normalized spacial score (nSPS) is 20.7. The second-order valence-electron chi connectivity index (χ2n) is 5.50. The third-order valence-electron chi connectivity index (χ3n) is 3.72. The molecule has 0 aromatic heterocycles. The van der Waals surface area contributed by atoms with Gasteiger partial charge in [0.05, 0.1) is 6.54 Å². The van der Waals surface area contributed by atoms with Gasteiger partial charge in [-0.3, -0.25) is 4.79 Å². The van der Waals surface area contributed by atoms with Gasteiger partial charge in [0.1, 0.15) is 0 Å². The van der Waals surface area contributed by atoms with Gasteiger partial charge in [-0.1, -0.05) is 31.0 Å². The first-order valence-corrected chi connectivity index (χ1v) is 7.31. The van der Waals surface area contributed by atoms with Crippen LogP contribution in [0.2, 0.25) is 0 Å². The molecule has 0 bridgehead atoms. The average molecular weight is 273 g/mol. The molecule has 2 N–H and O–H groups in total. The van der Waals surface area contributed by atoms with Crippen molar-refractivity contribution < 1.29 is 4.79 Å². The van der Waals surface area contributed by atoms with Crippen LogP contribution in [0, 0.1) is 12.8 Å². The number of anilines is 1. The van der Waals surface area contributed by atoms with Crippen LogP contribution in [0.3, 0.4) is 0 Å². The highest BCUT2D eigenvalue weighted by Gasteiger charge is 2.15. The lowest BCUT2D eigenvalue weighted by molar-refractivity contribution is -0.119. The Kier molecular flexibility index (Phi) is 5.16. The van der Waals surface area contributed by atoms with Crippen molar-refractivity contribution in [2.75, 3.05) is 11.9 Å². The van der Waals surface area contributed by atoms with E-state index in [1.165, 1.54) is 24.8 Å². The van der Waals surface area contributed by atoms with Crippen molar-refractivity contribution in [3.63, 3.8) is 0 Å². The Labute approximate surface area is 120 Å². The molecule has 20 heavy (non-hydrogen) atoms. The number of nitrogens with one attached hydrogen (secondary N) is 2. The molecule has 1 fully saturated rings. The predicted octanol–water partition coefficient (Wildman–Crippen LogP) is 3.09. The molecule has 2 rings (SSSR count). The van der Waals surface area contributed by atoms with Crippen molar-refractivity contribution >= 4 is 17.3 Å². The molecule has 0 aliphatic heterocycles. The number of aryl methyl sites for hydroxylation is 1. The maximum Gasteiger partial charge on any atom is 0.259 e. The van der Waals surface area contributed by atoms with Crippen LogP contribution < -0.4 is 10.7 Å². The molecule has 1 aromatic carbocycles. The van der Waals surface area contributed by atoms with Crippen LogP contribution in [0.15, 0.2) is 29.4 Å². The van der Waals surface area contributed by atoms with E-state index in [4.69, 9.17) is 0 Å². The van der Waals surface area contributed by atoms with E-state index in [0.29, 0.717) is 5.92 Å². The Morgan fingerprint density at radius 3 is 2.75 bits per heavy atom. The van der Waals surface area contributed by atoms with Gasteiger partial charge in [-0.25, -0.2) is 5.43 Å². The number of amides is 1. The minimum atomic E-state index is -0.101. The molecule has 0 heterocycles. The van der Waals surface area contributed by atoms with E-state index in [0.717, 1.165) is 17.8 Å². The van der Waals surface area contributed by atoms with Gasteiger partial charge in [-0.15, -0.1) is 0 Å². The highest BCUT2D eigenvalue weighted by Crippen LogP contribution is 2.20. The van der Waals surface area contributed by atoms with Gasteiger partial charge >= 0.3 is 0 Å². The van der Waals surface area contributed by atoms with Crippen molar-refractivity contribution in [2.24, 2.45) is 11.0 Å². The summed E-state index contributed by atoms with van der Waals surface area (Å²) in [6.07, 6.45) is 4.63. The van der Waals surface area contributed by atoms with E-state index in [9.17, 15) is 4.79 Å². The topological polar surface area (TPSA) is 53.5 Å². The molecule has 4 nitrogen and oxygen atoms in total. The number of hydrogen-bond donors (Lipinski definition) is 2. The fourth-order valence-corrected chi connectivity index (χ4v) is 2.36. The van der Waals surface area contributed by atoms with E-state index in [1.54, 1.807) is 0 Å². The minimum absolute atomic E-state index is 0.101. The van der Waals surface area contributed by atoms with Crippen LogP contribution in [0.1, 0.15) is 38.2 Å². The van der Waals surface area contributed by atoms with E-state index < -0.39 is 0 Å². The average Bonchev–Trinajstić information content (AvgIpc) is 2.46. The summed E-state index contributed by atoms with van der Waals surface area (Å²) in [6.45, 7) is 4.46. The van der Waals surface area contributed by atoms with Gasteiger partial charge in [-0.2, -0.15) is 5.10 Å². The third kappa shape index (κ3) is 4.37. The molecule has 1 aromatic rings. The summed E-state index contributed by atoms with van der Waals surface area (Å²) >= 11 is 0. The van der Waals surface area contributed by atoms with Crippen molar-refractivity contribution in [2.45, 2.75) is 39.5 Å². The first kappa shape index (κ1) is 14.6. The summed E-state index contributed by atoms with van der Waals surface area (Å²) in [5, 5.41) is 7.36. The molecule has 1 aliphatic carbocycles. The van der Waals surface area contributed by atoms with Crippen molar-refractivity contribution in [1.82, 2.24) is 5.43 Å². The zero-order chi connectivity index (χ0) is 14.4. The van der Waals surface area contributed by atoms with Crippen LogP contribution in [0.5, 0.6) is 0 Å². The number of nitrogens with zero attached hydrogens (tertiary/aromatic N) is 1. The first-order chi connectivity index (χ1) is 9.65. The molecule has 0 saturated heterocycles. The molecule has 0 radical (unpaired) electrons. The molecular formula is C16H23N3O. The molecule has 1 atom stereocenters. The molecule has 4 heteroatoms. The lowest BCUT2D eigenvalue weighted by Gasteiger charge is -2.19. The molecule has 1 aliphatic rings. The SMILES string of the molecule is Cc1ccc(NCC(=O)N/N=C2\CCCCC2C)cc1. The number of benzene rings is 1. The molecule has 1 saturated carbocycles. The van der Waals surface area contributed by atoms with Gasteiger partial charge in [0.2, 0.25) is 0 Å². The summed E-state index contributed by atoms with van der Waals surface area (Å²) in [5.74, 6) is 0.393. The molecular weight excluding hydrogens is 250 g/mol. The zero-order valence-electron chi connectivity index (χ0n) is 12.3. The fourth-order valence-electron chi connectivity index (χ4n) is 2.36. The Balaban J connectivity index is 1.77. The second kappa shape index (κ2) is 7.08. The smallest absolute Gasteiger partial charge is 0.259 e. The summed E-state index contributed by atoms with van der Waals surface area (Å²) in [5.41, 5.74) is 5.93. The van der Waals surface area contributed by atoms with Crippen LogP contribution in [-0.4, -0.2) is 18.2 Å². The van der Waals surface area contributed by atoms with Crippen LogP contribution in [-0.2, 0) is 4.79 Å². The highest BCUT2D eigenvalue weighted by molar-refractivity contribution is 5.89. The Bertz CT molecular complexity index is 479. The predicted molar refractivity (Wildman–Crippen MR) is 82.9 cm³/mol. The summed E-state index contributed by atoms with van der Waals surface area (Å²) in [4.78, 5) is 11.8. The largest absolute Gasteiger partial charge is 0.376 e. The quantitative estimate of drug-likeness (QED) is 0.828. The van der Waals surface area contributed by atoms with Gasteiger partial charge in [-0.05, 0) is 44.2 Å². The fraction of sp³-hybridized carbons (Fsp3) is 0.500. The van der Waals surface area contributed by atoms with Gasteiger partial charge in [0.25, 0.3) is 5.91 Å². The van der Waals surface area contributed by atoms with E-state index >= 15 is 0 Å². The zero-order valence-corrected chi connectivity index (χ0v) is 12.3. The third-order valence-corrected chi connectivity index (χ3v) is 3.72. The van der Waals surface area contributed by atoms with Crippen LogP contribution >= 0.6 is 0 Å². The van der Waals surface area contributed by atoms with Gasteiger partial charge < -0.3 is 5.32 Å². The highest BCUT2D eigenvalue weighted by atomic mass is 16.2. The van der Waals surface area contributed by atoms with Gasteiger partial charge in [0, 0.05) is 11.4 Å². The standard InChI is InChI=1S/C16H23N3O/c1-12-7-9-14(10-8-12)17-11-16(20)19-18-15-6-4-3-5-13(15)2/h7-10,13,17H,3-6,11H2,1-2H3,(H,19,20)/b18-15+. The number of hydrazone groups is 1. The lowest BCUT2D eigenvalue weighted by Crippen LogP contribution is -2.28. The maximum absolute atomic E-state index is 11.8. The lowest BCUT2D eigenvalue weighted by atomic mass is 9.89. The van der Waals surface area contributed by atoms with Crippen molar-refractivity contribution in [1.29, 1.82) is 0 Å². The van der Waals surface area contributed by atoms with Crippen molar-refractivity contribution in [3.8, 4) is 0 Å². The Morgan fingerprint density at radius 1 is 1.30 bits per heavy atom. The Hall–Kier alpha value is -1.84. The van der Waals surface area contributed by atoms with E-state index in [-0.39, 0.29) is 12.5 Å². The molecule has 1 amide bonds. The number of carbonyl (C=O) groups excluding carboxylic acids is 1. The van der Waals surface area contributed by atoms with E-state index in [1.807, 2.05) is 31.2 Å². The van der Waals surface area contributed by atoms with Crippen molar-refractivity contribution in [3.05, 3.63) is 29.8 Å². The van der Waals surface area contributed by atoms with Gasteiger partial charge in [0.15, 0.2) is 0 Å². The maximum atomic E-state index is 11.8. The summed E-state index contributed by atoms with van der Waals surface area (Å²) < 4.78 is 0. The molecule has 0 spiro atoms.